The fraction of sp³-hybridized carbons (Fsp3) is 0.385. The Morgan fingerprint density at radius 2 is 2.29 bits per heavy atom. The third-order valence-corrected chi connectivity index (χ3v) is 3.55. The molecule has 1 rings (SSSR count). The van der Waals surface area contributed by atoms with Gasteiger partial charge in [0.15, 0.2) is 0 Å². The number of nitrogens with zero attached hydrogens (tertiary/aromatic N) is 1. The predicted octanol–water partition coefficient (Wildman–Crippen LogP) is 0.120. The van der Waals surface area contributed by atoms with Crippen molar-refractivity contribution < 1.29 is 23.1 Å². The van der Waals surface area contributed by atoms with Crippen molar-refractivity contribution >= 4 is 21.8 Å². The topological polar surface area (TPSA) is 106 Å². The normalized spacial score (nSPS) is 10.4. The molecule has 0 unspecified atom stereocenters. The van der Waals surface area contributed by atoms with Crippen LogP contribution in [-0.4, -0.2) is 43.9 Å². The summed E-state index contributed by atoms with van der Waals surface area (Å²) < 4.78 is 30.2. The molecular formula is C13H16N2O5S. The van der Waals surface area contributed by atoms with Crippen LogP contribution >= 0.6 is 0 Å². The van der Waals surface area contributed by atoms with E-state index in [4.69, 9.17) is 5.11 Å². The van der Waals surface area contributed by atoms with Gasteiger partial charge in [-0.3, -0.25) is 9.52 Å². The van der Waals surface area contributed by atoms with Crippen LogP contribution in [0.1, 0.15) is 18.4 Å². The minimum atomic E-state index is -3.68. The predicted molar refractivity (Wildman–Crippen MR) is 76.9 cm³/mol. The van der Waals surface area contributed by atoms with E-state index in [1.807, 2.05) is 0 Å². The maximum Gasteiger partial charge on any atom is 0.306 e. The lowest BCUT2D eigenvalue weighted by molar-refractivity contribution is -0.140. The van der Waals surface area contributed by atoms with Crippen molar-refractivity contribution in [3.8, 4) is 11.8 Å². The molecule has 0 fully saturated rings. The van der Waals surface area contributed by atoms with Gasteiger partial charge in [0.1, 0.15) is 5.82 Å². The summed E-state index contributed by atoms with van der Waals surface area (Å²) >= 11 is 0. The third-order valence-electron chi connectivity index (χ3n) is 2.29. The number of sulfonamides is 1. The summed E-state index contributed by atoms with van der Waals surface area (Å²) in [5.41, 5.74) is 0.573. The summed E-state index contributed by atoms with van der Waals surface area (Å²) in [6, 6.07) is 3.09. The van der Waals surface area contributed by atoms with Gasteiger partial charge in [0.05, 0.1) is 25.9 Å². The molecule has 21 heavy (non-hydrogen) atoms. The monoisotopic (exact) mass is 312 g/mol. The molecule has 0 atom stereocenters. The highest BCUT2D eigenvalue weighted by Gasteiger charge is 2.14. The number of methoxy groups -OCH3 is 1. The molecule has 0 aliphatic heterocycles. The fourth-order valence-electron chi connectivity index (χ4n) is 1.31. The van der Waals surface area contributed by atoms with Gasteiger partial charge in [-0.15, -0.1) is 0 Å². The zero-order chi connectivity index (χ0) is 15.7. The van der Waals surface area contributed by atoms with Crippen molar-refractivity contribution in [2.75, 3.05) is 24.2 Å². The second-order valence-corrected chi connectivity index (χ2v) is 5.79. The molecule has 0 amide bonds. The third kappa shape index (κ3) is 6.74. The summed E-state index contributed by atoms with van der Waals surface area (Å²) in [7, 11) is -2.49. The van der Waals surface area contributed by atoms with Crippen LogP contribution in [0.5, 0.6) is 0 Å². The molecule has 0 aliphatic carbocycles. The average molecular weight is 312 g/mol. The van der Waals surface area contributed by atoms with Crippen LogP contribution in [0, 0.1) is 11.8 Å². The van der Waals surface area contributed by atoms with Crippen molar-refractivity contribution in [2.45, 2.75) is 12.8 Å². The van der Waals surface area contributed by atoms with Crippen molar-refractivity contribution in [3.05, 3.63) is 23.9 Å². The van der Waals surface area contributed by atoms with E-state index in [9.17, 15) is 13.2 Å². The highest BCUT2D eigenvalue weighted by atomic mass is 32.2. The zero-order valence-electron chi connectivity index (χ0n) is 11.5. The molecule has 0 spiro atoms. The van der Waals surface area contributed by atoms with Crippen LogP contribution in [0.15, 0.2) is 18.3 Å². The Hall–Kier alpha value is -2.11. The number of aliphatic hydroxyl groups excluding tert-OH is 1. The molecule has 0 aromatic carbocycles. The molecule has 0 radical (unpaired) electrons. The number of aliphatic hydroxyl groups is 1. The van der Waals surface area contributed by atoms with Crippen molar-refractivity contribution in [1.29, 1.82) is 0 Å². The summed E-state index contributed by atoms with van der Waals surface area (Å²) in [6.07, 6.45) is 1.52. The first-order chi connectivity index (χ1) is 9.96. The van der Waals surface area contributed by atoms with Gasteiger partial charge in [-0.05, 0) is 12.1 Å². The quantitative estimate of drug-likeness (QED) is 0.571. The first kappa shape index (κ1) is 16.9. The van der Waals surface area contributed by atoms with E-state index in [-0.39, 0.29) is 24.6 Å². The van der Waals surface area contributed by atoms with Crippen molar-refractivity contribution in [2.24, 2.45) is 0 Å². The molecule has 114 valence electrons. The van der Waals surface area contributed by atoms with Crippen LogP contribution in [0.4, 0.5) is 5.82 Å². The van der Waals surface area contributed by atoms with E-state index in [0.717, 1.165) is 0 Å². The van der Waals surface area contributed by atoms with Crippen LogP contribution in [0.25, 0.3) is 0 Å². The number of pyridine rings is 1. The van der Waals surface area contributed by atoms with Gasteiger partial charge < -0.3 is 9.84 Å². The molecular weight excluding hydrogens is 296 g/mol. The van der Waals surface area contributed by atoms with Crippen molar-refractivity contribution in [1.82, 2.24) is 4.98 Å². The molecule has 1 aromatic rings. The summed E-state index contributed by atoms with van der Waals surface area (Å²) in [6.45, 7) is -0.0366. The Morgan fingerprint density at radius 3 is 2.95 bits per heavy atom. The molecule has 0 saturated heterocycles. The fourth-order valence-corrected chi connectivity index (χ4v) is 2.28. The first-order valence-corrected chi connectivity index (χ1v) is 7.75. The van der Waals surface area contributed by atoms with Gasteiger partial charge in [0, 0.05) is 18.2 Å². The molecule has 0 bridgehead atoms. The smallest absolute Gasteiger partial charge is 0.306 e. The number of ether oxygens (including phenoxy) is 1. The Labute approximate surface area is 123 Å². The second-order valence-electron chi connectivity index (χ2n) is 3.95. The highest BCUT2D eigenvalue weighted by molar-refractivity contribution is 7.92. The number of nitrogens with one attached hydrogen (secondary N) is 1. The van der Waals surface area contributed by atoms with Crippen molar-refractivity contribution in [3.63, 3.8) is 0 Å². The Bertz CT molecular complexity index is 646. The molecule has 0 aliphatic rings. The van der Waals surface area contributed by atoms with Gasteiger partial charge in [0.25, 0.3) is 0 Å². The lowest BCUT2D eigenvalue weighted by Gasteiger charge is -2.06. The molecule has 7 nitrogen and oxygen atoms in total. The molecule has 2 N–H and O–H groups in total. The highest BCUT2D eigenvalue weighted by Crippen LogP contribution is 2.08. The van der Waals surface area contributed by atoms with Gasteiger partial charge >= 0.3 is 5.97 Å². The van der Waals surface area contributed by atoms with Crippen LogP contribution in [-0.2, 0) is 19.6 Å². The molecule has 1 heterocycles. The molecule has 0 saturated carbocycles. The minimum absolute atomic E-state index is 0.0366. The number of hydrogen-bond donors (Lipinski definition) is 2. The average Bonchev–Trinajstić information content (AvgIpc) is 2.45. The van der Waals surface area contributed by atoms with E-state index >= 15 is 0 Å². The van der Waals surface area contributed by atoms with E-state index in [2.05, 4.69) is 26.3 Å². The standard InChI is InChI=1S/C13H16N2O5S/c1-20-13(17)6-9-21(18,19)15-12-10-11(5-7-14-12)4-2-3-8-16/h5,7,10,16H,3,6,8-9H2,1H3,(H,14,15). The van der Waals surface area contributed by atoms with Crippen LogP contribution < -0.4 is 4.72 Å². The van der Waals surface area contributed by atoms with E-state index < -0.39 is 16.0 Å². The van der Waals surface area contributed by atoms with Gasteiger partial charge in [-0.1, -0.05) is 11.8 Å². The lowest BCUT2D eigenvalue weighted by atomic mass is 10.2. The second kappa shape index (κ2) is 8.24. The van der Waals surface area contributed by atoms with E-state index in [0.29, 0.717) is 12.0 Å². The minimum Gasteiger partial charge on any atom is -0.469 e. The zero-order valence-corrected chi connectivity index (χ0v) is 12.3. The summed E-state index contributed by atoms with van der Waals surface area (Å²) in [4.78, 5) is 14.8. The number of rotatable bonds is 6. The van der Waals surface area contributed by atoms with E-state index in [1.54, 1.807) is 6.07 Å². The maximum absolute atomic E-state index is 11.8. The molecule has 1 aromatic heterocycles. The molecule has 8 heteroatoms. The van der Waals surface area contributed by atoms with Crippen LogP contribution in [0.3, 0.4) is 0 Å². The number of hydrogen-bond acceptors (Lipinski definition) is 6. The van der Waals surface area contributed by atoms with Gasteiger partial charge in [-0.25, -0.2) is 13.4 Å². The summed E-state index contributed by atoms with van der Waals surface area (Å²) in [5, 5.41) is 8.63. The lowest BCUT2D eigenvalue weighted by Crippen LogP contribution is -2.20. The number of carbonyl (C=O) groups excluding carboxylic acids is 1. The number of carbonyl (C=O) groups is 1. The largest absolute Gasteiger partial charge is 0.469 e. The van der Waals surface area contributed by atoms with Gasteiger partial charge in [0.2, 0.25) is 10.0 Å². The number of aromatic nitrogens is 1. The number of anilines is 1. The Kier molecular flexibility index (Phi) is 6.65. The Balaban J connectivity index is 2.72. The summed E-state index contributed by atoms with van der Waals surface area (Å²) in [5.74, 6) is 4.63. The number of esters is 1. The van der Waals surface area contributed by atoms with Gasteiger partial charge in [-0.2, -0.15) is 0 Å². The first-order valence-electron chi connectivity index (χ1n) is 6.10. The maximum atomic E-state index is 11.8. The SMILES string of the molecule is COC(=O)CCS(=O)(=O)Nc1cc(C#CCCO)ccn1. The van der Waals surface area contributed by atoms with E-state index in [1.165, 1.54) is 19.4 Å². The van der Waals surface area contributed by atoms with Crippen LogP contribution in [0.2, 0.25) is 0 Å². The Morgan fingerprint density at radius 1 is 1.52 bits per heavy atom.